The van der Waals surface area contributed by atoms with Crippen molar-refractivity contribution in [3.63, 3.8) is 0 Å². The van der Waals surface area contributed by atoms with Crippen molar-refractivity contribution < 1.29 is 4.79 Å². The van der Waals surface area contributed by atoms with Gasteiger partial charge in [0.25, 0.3) is 0 Å². The largest absolute Gasteiger partial charge is 0.330 e. The first-order valence-electron chi connectivity index (χ1n) is 4.38. The Balaban J connectivity index is 3.93. The third-order valence-corrected chi connectivity index (χ3v) is 2.73. The van der Waals surface area contributed by atoms with Gasteiger partial charge in [0.2, 0.25) is 0 Å². The van der Waals surface area contributed by atoms with Crippen LogP contribution in [0, 0.1) is 5.41 Å². The zero-order valence-corrected chi connectivity index (χ0v) is 7.60. The van der Waals surface area contributed by atoms with E-state index >= 15 is 0 Å². The summed E-state index contributed by atoms with van der Waals surface area (Å²) in [7, 11) is 0. The second kappa shape index (κ2) is 5.30. The van der Waals surface area contributed by atoms with Gasteiger partial charge in [-0.3, -0.25) is 0 Å². The highest BCUT2D eigenvalue weighted by Crippen LogP contribution is 2.29. The van der Waals surface area contributed by atoms with Crippen LogP contribution < -0.4 is 5.73 Å². The van der Waals surface area contributed by atoms with Gasteiger partial charge in [-0.15, -0.1) is 0 Å². The van der Waals surface area contributed by atoms with Crippen molar-refractivity contribution >= 4 is 6.29 Å². The van der Waals surface area contributed by atoms with E-state index in [9.17, 15) is 4.79 Å². The summed E-state index contributed by atoms with van der Waals surface area (Å²) in [6.07, 6.45) is 4.73. The summed E-state index contributed by atoms with van der Waals surface area (Å²) in [4.78, 5) is 10.2. The van der Waals surface area contributed by atoms with Crippen LogP contribution in [0.4, 0.5) is 0 Å². The van der Waals surface area contributed by atoms with E-state index in [1.807, 2.05) is 0 Å². The van der Waals surface area contributed by atoms with E-state index in [0.717, 1.165) is 25.5 Å². The lowest BCUT2D eigenvalue weighted by molar-refractivity contribution is -0.108. The smallest absolute Gasteiger partial charge is 0.120 e. The van der Waals surface area contributed by atoms with Crippen molar-refractivity contribution in [3.8, 4) is 0 Å². The number of rotatable bonds is 6. The summed E-state index contributed by atoms with van der Waals surface area (Å²) < 4.78 is 0. The highest BCUT2D eigenvalue weighted by Gasteiger charge is 2.22. The molecule has 0 radical (unpaired) electrons. The molecule has 0 heterocycles. The number of carbonyl (C=O) groups is 1. The van der Waals surface area contributed by atoms with Crippen molar-refractivity contribution in [2.75, 3.05) is 6.54 Å². The molecule has 0 amide bonds. The van der Waals surface area contributed by atoms with Crippen LogP contribution in [0.2, 0.25) is 0 Å². The van der Waals surface area contributed by atoms with Gasteiger partial charge in [0.05, 0.1) is 0 Å². The molecule has 66 valence electrons. The molecule has 2 nitrogen and oxygen atoms in total. The molecule has 0 spiro atoms. The minimum atomic E-state index is 0.223. The zero-order chi connectivity index (χ0) is 8.74. The quantitative estimate of drug-likeness (QED) is 0.597. The number of aldehydes is 1. The molecule has 0 saturated carbocycles. The van der Waals surface area contributed by atoms with Crippen LogP contribution >= 0.6 is 0 Å². The molecule has 0 rings (SSSR count). The maximum absolute atomic E-state index is 10.2. The highest BCUT2D eigenvalue weighted by molar-refractivity contribution is 5.49. The summed E-state index contributed by atoms with van der Waals surface area (Å²) >= 11 is 0. The second-order valence-corrected chi connectivity index (χ2v) is 3.12. The molecular weight excluding hydrogens is 138 g/mol. The molecule has 11 heavy (non-hydrogen) atoms. The predicted octanol–water partition coefficient (Wildman–Crippen LogP) is 1.73. The number of carbonyl (C=O) groups excluding carboxylic acids is 1. The molecule has 0 aromatic heterocycles. The van der Waals surface area contributed by atoms with Crippen LogP contribution in [0.3, 0.4) is 0 Å². The average molecular weight is 157 g/mol. The van der Waals surface area contributed by atoms with Crippen molar-refractivity contribution in [1.82, 2.24) is 0 Å². The Morgan fingerprint density at radius 2 is 1.91 bits per heavy atom. The van der Waals surface area contributed by atoms with Crippen molar-refractivity contribution in [3.05, 3.63) is 0 Å². The van der Waals surface area contributed by atoms with E-state index in [-0.39, 0.29) is 5.41 Å². The summed E-state index contributed by atoms with van der Waals surface area (Å²) in [5.41, 5.74) is 5.88. The topological polar surface area (TPSA) is 43.1 Å². The summed E-state index contributed by atoms with van der Waals surface area (Å²) in [5, 5.41) is 0. The van der Waals surface area contributed by atoms with E-state index in [2.05, 4.69) is 13.8 Å². The molecule has 0 aromatic carbocycles. The van der Waals surface area contributed by atoms with E-state index in [1.54, 1.807) is 0 Å². The van der Waals surface area contributed by atoms with E-state index in [0.29, 0.717) is 13.0 Å². The van der Waals surface area contributed by atoms with E-state index in [4.69, 9.17) is 5.73 Å². The standard InChI is InChI=1S/C9H19NO/c1-3-9(4-2,8-10)6-5-7-11/h7H,3-6,8,10H2,1-2H3. The predicted molar refractivity (Wildman–Crippen MR) is 47.4 cm³/mol. The van der Waals surface area contributed by atoms with Gasteiger partial charge >= 0.3 is 0 Å². The Morgan fingerprint density at radius 3 is 2.18 bits per heavy atom. The van der Waals surface area contributed by atoms with Crippen LogP contribution in [-0.4, -0.2) is 12.8 Å². The molecule has 2 N–H and O–H groups in total. The molecule has 0 aliphatic carbocycles. The molecule has 0 bridgehead atoms. The van der Waals surface area contributed by atoms with Gasteiger partial charge in [-0.2, -0.15) is 0 Å². The molecule has 0 fully saturated rings. The molecule has 2 heteroatoms. The van der Waals surface area contributed by atoms with Crippen LogP contribution in [0.5, 0.6) is 0 Å². The first-order valence-corrected chi connectivity index (χ1v) is 4.38. The molecule has 0 atom stereocenters. The normalized spacial score (nSPS) is 11.5. The van der Waals surface area contributed by atoms with Gasteiger partial charge in [-0.1, -0.05) is 13.8 Å². The summed E-state index contributed by atoms with van der Waals surface area (Å²) in [6.45, 7) is 4.98. The lowest BCUT2D eigenvalue weighted by atomic mass is 9.78. The van der Waals surface area contributed by atoms with E-state index in [1.165, 1.54) is 0 Å². The Hall–Kier alpha value is -0.370. The van der Waals surface area contributed by atoms with Gasteiger partial charge in [0.1, 0.15) is 6.29 Å². The monoisotopic (exact) mass is 157 g/mol. The minimum absolute atomic E-state index is 0.223. The van der Waals surface area contributed by atoms with Crippen LogP contribution in [0.1, 0.15) is 39.5 Å². The van der Waals surface area contributed by atoms with Crippen LogP contribution in [-0.2, 0) is 4.79 Å². The van der Waals surface area contributed by atoms with Gasteiger partial charge in [0.15, 0.2) is 0 Å². The lowest BCUT2D eigenvalue weighted by Crippen LogP contribution is -2.29. The van der Waals surface area contributed by atoms with Gasteiger partial charge in [-0.25, -0.2) is 0 Å². The second-order valence-electron chi connectivity index (χ2n) is 3.12. The Morgan fingerprint density at radius 1 is 1.36 bits per heavy atom. The maximum atomic E-state index is 10.2. The molecule has 0 aliphatic rings. The summed E-state index contributed by atoms with van der Waals surface area (Å²) in [5.74, 6) is 0. The number of hydrogen-bond acceptors (Lipinski definition) is 2. The molecular formula is C9H19NO. The SMILES string of the molecule is CCC(CC)(CN)CCC=O. The lowest BCUT2D eigenvalue weighted by Gasteiger charge is -2.29. The molecule has 0 saturated heterocycles. The zero-order valence-electron chi connectivity index (χ0n) is 7.60. The van der Waals surface area contributed by atoms with Crippen LogP contribution in [0.15, 0.2) is 0 Å². The third-order valence-electron chi connectivity index (χ3n) is 2.73. The fraction of sp³-hybridized carbons (Fsp3) is 0.889. The first-order chi connectivity index (χ1) is 5.24. The van der Waals surface area contributed by atoms with Crippen LogP contribution in [0.25, 0.3) is 0 Å². The van der Waals surface area contributed by atoms with Crippen molar-refractivity contribution in [2.24, 2.45) is 11.1 Å². The number of nitrogens with two attached hydrogens (primary N) is 1. The number of hydrogen-bond donors (Lipinski definition) is 1. The van der Waals surface area contributed by atoms with E-state index < -0.39 is 0 Å². The fourth-order valence-electron chi connectivity index (χ4n) is 1.36. The fourth-order valence-corrected chi connectivity index (χ4v) is 1.36. The van der Waals surface area contributed by atoms with Crippen molar-refractivity contribution in [1.29, 1.82) is 0 Å². The Labute approximate surface area is 69.2 Å². The average Bonchev–Trinajstić information content (AvgIpc) is 2.08. The van der Waals surface area contributed by atoms with Gasteiger partial charge < -0.3 is 10.5 Å². The minimum Gasteiger partial charge on any atom is -0.330 e. The summed E-state index contributed by atoms with van der Waals surface area (Å²) in [6, 6.07) is 0. The Kier molecular flexibility index (Phi) is 5.12. The maximum Gasteiger partial charge on any atom is 0.120 e. The molecule has 0 aliphatic heterocycles. The Bertz CT molecular complexity index is 99.9. The van der Waals surface area contributed by atoms with Gasteiger partial charge in [-0.05, 0) is 31.2 Å². The molecule has 0 unspecified atom stereocenters. The van der Waals surface area contributed by atoms with Gasteiger partial charge in [0, 0.05) is 6.42 Å². The molecule has 0 aromatic rings. The highest BCUT2D eigenvalue weighted by atomic mass is 16.1. The van der Waals surface area contributed by atoms with Crippen molar-refractivity contribution in [2.45, 2.75) is 39.5 Å². The first kappa shape index (κ1) is 10.6. The third kappa shape index (κ3) is 3.02.